The van der Waals surface area contributed by atoms with Gasteiger partial charge in [-0.3, -0.25) is 4.79 Å². The standard InChI is InChI=1S/C26H40N6O/c1-20-9-5-4-8-16-32-25-22(10-11-23(28-25)31-14-6-2-3-7-15-31)24(29-32)26(33)27-21-12-17-30(19-20)18-13-21/h10-11,20-21H,2-9,12-19H2,1H3,(H,27,33). The van der Waals surface area contributed by atoms with Crippen molar-refractivity contribution in [3.05, 3.63) is 17.8 Å². The van der Waals surface area contributed by atoms with Gasteiger partial charge in [0.15, 0.2) is 11.3 Å². The Labute approximate surface area is 197 Å². The number of hydrogen-bond acceptors (Lipinski definition) is 5. The fourth-order valence-electron chi connectivity index (χ4n) is 5.82. The topological polar surface area (TPSA) is 66.3 Å². The van der Waals surface area contributed by atoms with Gasteiger partial charge in [-0.1, -0.05) is 32.6 Å². The van der Waals surface area contributed by atoms with E-state index in [0.717, 1.165) is 74.8 Å². The second-order valence-electron chi connectivity index (χ2n) is 10.5. The second kappa shape index (κ2) is 10.4. The van der Waals surface area contributed by atoms with Crippen LogP contribution < -0.4 is 10.2 Å². The summed E-state index contributed by atoms with van der Waals surface area (Å²) in [7, 11) is 0. The highest BCUT2D eigenvalue weighted by atomic mass is 16.2. The van der Waals surface area contributed by atoms with Crippen molar-refractivity contribution >= 4 is 22.8 Å². The van der Waals surface area contributed by atoms with Crippen molar-refractivity contribution in [1.29, 1.82) is 0 Å². The highest BCUT2D eigenvalue weighted by Gasteiger charge is 2.26. The first kappa shape index (κ1) is 22.6. The van der Waals surface area contributed by atoms with E-state index in [0.29, 0.717) is 5.69 Å². The molecule has 0 radical (unpaired) electrons. The first-order chi connectivity index (χ1) is 16.2. The van der Waals surface area contributed by atoms with Crippen molar-refractivity contribution < 1.29 is 4.79 Å². The number of carbonyl (C=O) groups is 1. The van der Waals surface area contributed by atoms with Crippen LogP contribution in [0.1, 0.15) is 81.6 Å². The molecule has 7 nitrogen and oxygen atoms in total. The van der Waals surface area contributed by atoms with Gasteiger partial charge in [0.1, 0.15) is 5.82 Å². The Kier molecular flexibility index (Phi) is 7.14. The molecule has 4 aliphatic rings. The number of aryl methyl sites for hydroxylation is 1. The molecule has 1 atom stereocenters. The number of nitrogens with one attached hydrogen (secondary N) is 1. The minimum absolute atomic E-state index is 0.0398. The van der Waals surface area contributed by atoms with Crippen molar-refractivity contribution in [2.24, 2.45) is 5.92 Å². The predicted octanol–water partition coefficient (Wildman–Crippen LogP) is 4.22. The number of carbonyl (C=O) groups excluding carboxylic acids is 1. The summed E-state index contributed by atoms with van der Waals surface area (Å²) in [5.74, 6) is 1.73. The fourth-order valence-corrected chi connectivity index (χ4v) is 5.82. The summed E-state index contributed by atoms with van der Waals surface area (Å²) in [6.45, 7) is 8.68. The molecular formula is C26H40N6O. The Morgan fingerprint density at radius 2 is 1.61 bits per heavy atom. The minimum atomic E-state index is -0.0398. The number of aromatic nitrogens is 3. The third-order valence-corrected chi connectivity index (χ3v) is 7.79. The summed E-state index contributed by atoms with van der Waals surface area (Å²) >= 11 is 0. The first-order valence-corrected chi connectivity index (χ1v) is 13.3. The molecular weight excluding hydrogens is 412 g/mol. The molecule has 2 aromatic rings. The van der Waals surface area contributed by atoms with Gasteiger partial charge in [0.05, 0.1) is 5.39 Å². The molecule has 0 aromatic carbocycles. The summed E-state index contributed by atoms with van der Waals surface area (Å²) in [6.07, 6.45) is 11.9. The number of pyridine rings is 1. The summed E-state index contributed by atoms with van der Waals surface area (Å²) < 4.78 is 2.00. The Hall–Kier alpha value is -2.15. The fraction of sp³-hybridized carbons (Fsp3) is 0.731. The zero-order chi connectivity index (χ0) is 22.6. The molecule has 1 N–H and O–H groups in total. The third kappa shape index (κ3) is 5.34. The maximum Gasteiger partial charge on any atom is 0.272 e. The van der Waals surface area contributed by atoms with Gasteiger partial charge in [-0.2, -0.15) is 5.10 Å². The van der Waals surface area contributed by atoms with Crippen molar-refractivity contribution in [2.75, 3.05) is 37.6 Å². The second-order valence-corrected chi connectivity index (χ2v) is 10.5. The Balaban J connectivity index is 1.43. The summed E-state index contributed by atoms with van der Waals surface area (Å²) in [4.78, 5) is 23.3. The molecule has 0 spiro atoms. The number of piperidine rings is 1. The largest absolute Gasteiger partial charge is 0.357 e. The smallest absolute Gasteiger partial charge is 0.272 e. The normalized spacial score (nSPS) is 28.0. The van der Waals surface area contributed by atoms with Crippen LogP contribution in [0.4, 0.5) is 5.82 Å². The summed E-state index contributed by atoms with van der Waals surface area (Å²) in [6, 6.07) is 4.42. The molecule has 0 saturated carbocycles. The Bertz CT molecular complexity index is 940. The Morgan fingerprint density at radius 1 is 0.879 bits per heavy atom. The van der Waals surface area contributed by atoms with Crippen LogP contribution in [0.15, 0.2) is 12.1 Å². The number of anilines is 1. The van der Waals surface area contributed by atoms with Crippen molar-refractivity contribution in [2.45, 2.75) is 83.7 Å². The molecule has 2 saturated heterocycles. The van der Waals surface area contributed by atoms with Crippen LogP contribution in [0.3, 0.4) is 0 Å². The molecule has 2 fully saturated rings. The van der Waals surface area contributed by atoms with E-state index in [1.54, 1.807) is 0 Å². The Morgan fingerprint density at radius 3 is 2.39 bits per heavy atom. The highest BCUT2D eigenvalue weighted by molar-refractivity contribution is 6.04. The maximum atomic E-state index is 13.3. The molecule has 0 aliphatic carbocycles. The van der Waals surface area contributed by atoms with E-state index in [9.17, 15) is 4.79 Å². The van der Waals surface area contributed by atoms with Gasteiger partial charge in [-0.15, -0.1) is 0 Å². The molecule has 2 aromatic heterocycles. The molecule has 6 rings (SSSR count). The number of amides is 1. The van der Waals surface area contributed by atoms with Crippen LogP contribution in [0.2, 0.25) is 0 Å². The van der Waals surface area contributed by atoms with Crippen molar-refractivity contribution in [3.63, 3.8) is 0 Å². The van der Waals surface area contributed by atoms with Gasteiger partial charge in [0.2, 0.25) is 0 Å². The molecule has 1 unspecified atom stereocenters. The maximum absolute atomic E-state index is 13.3. The highest BCUT2D eigenvalue weighted by Crippen LogP contribution is 2.25. The van der Waals surface area contributed by atoms with Gasteiger partial charge in [-0.25, -0.2) is 9.67 Å². The minimum Gasteiger partial charge on any atom is -0.357 e. The zero-order valence-corrected chi connectivity index (χ0v) is 20.3. The van der Waals surface area contributed by atoms with Gasteiger partial charge >= 0.3 is 0 Å². The lowest BCUT2D eigenvalue weighted by atomic mass is 9.99. The number of hydrogen-bond donors (Lipinski definition) is 1. The van der Waals surface area contributed by atoms with Crippen molar-refractivity contribution in [1.82, 2.24) is 25.0 Å². The molecule has 33 heavy (non-hydrogen) atoms. The average Bonchev–Trinajstić information content (AvgIpc) is 2.98. The van der Waals surface area contributed by atoms with E-state index in [-0.39, 0.29) is 11.9 Å². The van der Waals surface area contributed by atoms with Gasteiger partial charge < -0.3 is 15.1 Å². The number of nitrogens with zero attached hydrogens (tertiary/aromatic N) is 5. The molecule has 7 heteroatoms. The SMILES string of the molecule is CC1CCCCCn2nc(c3ccc(N4CCCCCC4)nc32)C(=O)NC2CCN(CC2)C1. The summed E-state index contributed by atoms with van der Waals surface area (Å²) in [5.41, 5.74) is 1.41. The lowest BCUT2D eigenvalue weighted by molar-refractivity contribution is 0.0901. The van der Waals surface area contributed by atoms with Gasteiger partial charge in [-0.05, 0) is 56.6 Å². The molecule has 180 valence electrons. The predicted molar refractivity (Wildman–Crippen MR) is 133 cm³/mol. The van der Waals surface area contributed by atoms with Crippen LogP contribution in [0, 0.1) is 5.92 Å². The third-order valence-electron chi connectivity index (χ3n) is 7.79. The van der Waals surface area contributed by atoms with Crippen molar-refractivity contribution in [3.8, 4) is 0 Å². The van der Waals surface area contributed by atoms with Crippen LogP contribution in [-0.4, -0.2) is 64.3 Å². The van der Waals surface area contributed by atoms with E-state index in [2.05, 4.69) is 34.2 Å². The average molecular weight is 453 g/mol. The first-order valence-electron chi connectivity index (χ1n) is 13.3. The van der Waals surface area contributed by atoms with Gasteiger partial charge in [0, 0.05) is 45.3 Å². The van der Waals surface area contributed by atoms with Crippen LogP contribution in [0.25, 0.3) is 11.0 Å². The van der Waals surface area contributed by atoms with E-state index in [1.165, 1.54) is 51.5 Å². The summed E-state index contributed by atoms with van der Waals surface area (Å²) in [5, 5.41) is 9.00. The lowest BCUT2D eigenvalue weighted by Crippen LogP contribution is -2.45. The van der Waals surface area contributed by atoms with Crippen LogP contribution >= 0.6 is 0 Å². The lowest BCUT2D eigenvalue weighted by Gasteiger charge is -2.33. The molecule has 4 aliphatic heterocycles. The number of fused-ring (bicyclic) bond motifs is 10. The monoisotopic (exact) mass is 452 g/mol. The zero-order valence-electron chi connectivity index (χ0n) is 20.3. The molecule has 6 heterocycles. The van der Waals surface area contributed by atoms with E-state index in [4.69, 9.17) is 10.1 Å². The van der Waals surface area contributed by atoms with E-state index in [1.807, 2.05) is 4.68 Å². The van der Waals surface area contributed by atoms with Gasteiger partial charge in [0.25, 0.3) is 5.91 Å². The van der Waals surface area contributed by atoms with Crippen LogP contribution in [-0.2, 0) is 6.54 Å². The van der Waals surface area contributed by atoms with E-state index < -0.39 is 0 Å². The molecule has 4 bridgehead atoms. The van der Waals surface area contributed by atoms with E-state index >= 15 is 0 Å². The quantitative estimate of drug-likeness (QED) is 0.702. The van der Waals surface area contributed by atoms with Crippen LogP contribution in [0.5, 0.6) is 0 Å². The molecule has 1 amide bonds. The number of rotatable bonds is 1.